The van der Waals surface area contributed by atoms with Gasteiger partial charge in [0.25, 0.3) is 0 Å². The van der Waals surface area contributed by atoms with Crippen molar-refractivity contribution in [1.82, 2.24) is 21.3 Å². The van der Waals surface area contributed by atoms with Crippen LogP contribution in [0, 0.1) is 0 Å². The summed E-state index contributed by atoms with van der Waals surface area (Å²) >= 11 is 0. The molecule has 1 heterocycles. The van der Waals surface area contributed by atoms with Crippen LogP contribution in [0.5, 0.6) is 0 Å². The zero-order valence-electron chi connectivity index (χ0n) is 21.9. The molecule has 0 aromatic carbocycles. The summed E-state index contributed by atoms with van der Waals surface area (Å²) in [6, 6.07) is -4.11. The van der Waals surface area contributed by atoms with Gasteiger partial charge in [-0.05, 0) is 51.5 Å². The summed E-state index contributed by atoms with van der Waals surface area (Å²) < 4.78 is 0. The minimum atomic E-state index is -1.28. The molecule has 0 aromatic heterocycles. The van der Waals surface area contributed by atoms with Crippen LogP contribution in [-0.2, 0) is 24.0 Å². The lowest BCUT2D eigenvalue weighted by Gasteiger charge is -2.25. The normalized spacial score (nSPS) is 16.7. The number of amides is 4. The molecule has 0 bridgehead atoms. The highest BCUT2D eigenvalue weighted by Crippen LogP contribution is 2.08. The SMILES string of the molecule is NC(=O)CCC(NC(=O)C1CCCN1)C(=O)NC(CCCN=C(N)N)C(=O)NC(CCCN=C(N)N)C(=O)O. The highest BCUT2D eigenvalue weighted by Gasteiger charge is 2.31. The number of nitrogens with two attached hydrogens (primary N) is 5. The van der Waals surface area contributed by atoms with Crippen LogP contribution in [0.25, 0.3) is 0 Å². The quantitative estimate of drug-likeness (QED) is 0.0437. The van der Waals surface area contributed by atoms with Crippen LogP contribution in [0.15, 0.2) is 9.98 Å². The molecule has 17 nitrogen and oxygen atoms in total. The topological polar surface area (TPSA) is 309 Å². The minimum absolute atomic E-state index is 0.0260. The fourth-order valence-electron chi connectivity index (χ4n) is 3.81. The Morgan fingerprint density at radius 2 is 1.31 bits per heavy atom. The van der Waals surface area contributed by atoms with E-state index in [2.05, 4.69) is 31.3 Å². The van der Waals surface area contributed by atoms with E-state index in [-0.39, 0.29) is 63.5 Å². The maximum Gasteiger partial charge on any atom is 0.326 e. The van der Waals surface area contributed by atoms with Crippen molar-refractivity contribution in [3.8, 4) is 0 Å². The first-order chi connectivity index (χ1) is 18.4. The number of hydrogen-bond acceptors (Lipinski definition) is 8. The number of aliphatic carboxylic acids is 1. The Morgan fingerprint density at radius 3 is 1.77 bits per heavy atom. The number of aliphatic imine (C=N–C) groups is 2. The fourth-order valence-corrected chi connectivity index (χ4v) is 3.81. The molecule has 0 spiro atoms. The fraction of sp³-hybridized carbons (Fsp3) is 0.682. The van der Waals surface area contributed by atoms with Crippen molar-refractivity contribution in [2.75, 3.05) is 19.6 Å². The first kappa shape index (κ1) is 32.9. The summed E-state index contributed by atoms with van der Waals surface area (Å²) in [6.45, 7) is 0.973. The summed E-state index contributed by atoms with van der Waals surface area (Å²) in [5, 5.41) is 20.1. The number of rotatable bonds is 18. The van der Waals surface area contributed by atoms with E-state index in [1.54, 1.807) is 0 Å². The molecule has 39 heavy (non-hydrogen) atoms. The first-order valence-electron chi connectivity index (χ1n) is 12.7. The van der Waals surface area contributed by atoms with Crippen LogP contribution < -0.4 is 49.9 Å². The molecule has 4 unspecified atom stereocenters. The average Bonchev–Trinajstić information content (AvgIpc) is 3.39. The number of hydrogen-bond donors (Lipinski definition) is 10. The van der Waals surface area contributed by atoms with Gasteiger partial charge in [0.2, 0.25) is 23.6 Å². The number of nitrogens with one attached hydrogen (secondary N) is 4. The standard InChI is InChI=1S/C22H41N11O6/c23-16(34)8-7-14(32-17(35)12-4-1-9-28-12)19(37)31-13(5-2-10-29-21(24)25)18(36)33-15(20(38)39)6-3-11-30-22(26)27/h12-15,28H,1-11H2,(H2,23,34)(H,31,37)(H,32,35)(H,33,36)(H,38,39)(H4,24,25,29)(H4,26,27,30). The smallest absolute Gasteiger partial charge is 0.326 e. The number of primary amides is 1. The second-order valence-corrected chi connectivity index (χ2v) is 9.07. The molecule has 1 saturated heterocycles. The van der Waals surface area contributed by atoms with Gasteiger partial charge in [0.1, 0.15) is 18.1 Å². The molecule has 0 radical (unpaired) electrons. The summed E-state index contributed by atoms with van der Waals surface area (Å²) in [5.74, 6) is -4.16. The number of carbonyl (C=O) groups excluding carboxylic acids is 4. The Bertz CT molecular complexity index is 912. The molecule has 0 aliphatic carbocycles. The largest absolute Gasteiger partial charge is 0.480 e. The lowest BCUT2D eigenvalue weighted by Crippen LogP contribution is -2.57. The monoisotopic (exact) mass is 555 g/mol. The summed E-state index contributed by atoms with van der Waals surface area (Å²) in [7, 11) is 0. The van der Waals surface area contributed by atoms with Crippen LogP contribution in [0.1, 0.15) is 51.4 Å². The van der Waals surface area contributed by atoms with E-state index in [9.17, 15) is 29.1 Å². The summed E-state index contributed by atoms with van der Waals surface area (Å²) in [4.78, 5) is 69.5. The van der Waals surface area contributed by atoms with Gasteiger partial charge in [-0.25, -0.2) is 4.79 Å². The molecule has 15 N–H and O–H groups in total. The van der Waals surface area contributed by atoms with E-state index >= 15 is 0 Å². The highest BCUT2D eigenvalue weighted by molar-refractivity contribution is 5.94. The number of carboxylic acid groups (broad SMARTS) is 1. The summed E-state index contributed by atoms with van der Waals surface area (Å²) in [6.07, 6.45) is 1.72. The number of carboxylic acids is 1. The molecular formula is C22H41N11O6. The van der Waals surface area contributed by atoms with Gasteiger partial charge in [0, 0.05) is 19.5 Å². The molecule has 1 rings (SSSR count). The zero-order chi connectivity index (χ0) is 29.4. The molecule has 0 saturated carbocycles. The van der Waals surface area contributed by atoms with Crippen molar-refractivity contribution >= 4 is 41.5 Å². The molecule has 1 fully saturated rings. The predicted molar refractivity (Wildman–Crippen MR) is 143 cm³/mol. The Balaban J connectivity index is 2.98. The molecule has 0 aromatic rings. The highest BCUT2D eigenvalue weighted by atomic mass is 16.4. The zero-order valence-corrected chi connectivity index (χ0v) is 21.9. The van der Waals surface area contributed by atoms with E-state index in [4.69, 9.17) is 28.7 Å². The third-order valence-electron chi connectivity index (χ3n) is 5.83. The minimum Gasteiger partial charge on any atom is -0.480 e. The van der Waals surface area contributed by atoms with Crippen molar-refractivity contribution in [2.24, 2.45) is 38.7 Å². The van der Waals surface area contributed by atoms with Gasteiger partial charge in [-0.1, -0.05) is 0 Å². The van der Waals surface area contributed by atoms with Crippen LogP contribution in [0.2, 0.25) is 0 Å². The van der Waals surface area contributed by atoms with Gasteiger partial charge in [-0.15, -0.1) is 0 Å². The van der Waals surface area contributed by atoms with Crippen LogP contribution in [0.4, 0.5) is 0 Å². The van der Waals surface area contributed by atoms with E-state index in [0.29, 0.717) is 13.0 Å². The average molecular weight is 556 g/mol. The van der Waals surface area contributed by atoms with Crippen LogP contribution in [0.3, 0.4) is 0 Å². The molecule has 17 heteroatoms. The van der Waals surface area contributed by atoms with Gasteiger partial charge in [-0.2, -0.15) is 0 Å². The first-order valence-corrected chi connectivity index (χ1v) is 12.7. The van der Waals surface area contributed by atoms with Crippen molar-refractivity contribution in [3.63, 3.8) is 0 Å². The van der Waals surface area contributed by atoms with Crippen molar-refractivity contribution < 1.29 is 29.1 Å². The van der Waals surface area contributed by atoms with Gasteiger partial charge in [0.05, 0.1) is 6.04 Å². The lowest BCUT2D eigenvalue weighted by molar-refractivity contribution is -0.142. The second kappa shape index (κ2) is 17.4. The lowest BCUT2D eigenvalue weighted by atomic mass is 10.1. The van der Waals surface area contributed by atoms with E-state index < -0.39 is 53.8 Å². The molecular weight excluding hydrogens is 514 g/mol. The Hall–Kier alpha value is -4.15. The molecule has 1 aliphatic heterocycles. The van der Waals surface area contributed by atoms with Gasteiger partial charge in [-0.3, -0.25) is 29.2 Å². The van der Waals surface area contributed by atoms with Crippen molar-refractivity contribution in [1.29, 1.82) is 0 Å². The van der Waals surface area contributed by atoms with Crippen LogP contribution >= 0.6 is 0 Å². The molecule has 4 atom stereocenters. The van der Waals surface area contributed by atoms with Gasteiger partial charge >= 0.3 is 5.97 Å². The predicted octanol–water partition coefficient (Wildman–Crippen LogP) is -4.35. The van der Waals surface area contributed by atoms with Gasteiger partial charge < -0.3 is 55.0 Å². The van der Waals surface area contributed by atoms with Crippen molar-refractivity contribution in [2.45, 2.75) is 75.5 Å². The summed E-state index contributed by atoms with van der Waals surface area (Å²) in [5.41, 5.74) is 26.4. The second-order valence-electron chi connectivity index (χ2n) is 9.07. The Morgan fingerprint density at radius 1 is 0.795 bits per heavy atom. The van der Waals surface area contributed by atoms with Gasteiger partial charge in [0.15, 0.2) is 11.9 Å². The third-order valence-corrected chi connectivity index (χ3v) is 5.83. The Kier molecular flexibility index (Phi) is 14.6. The third kappa shape index (κ3) is 13.8. The maximum absolute atomic E-state index is 13.2. The molecule has 1 aliphatic rings. The van der Waals surface area contributed by atoms with Crippen LogP contribution in [-0.4, -0.2) is 90.4 Å². The van der Waals surface area contributed by atoms with E-state index in [1.165, 1.54) is 0 Å². The number of nitrogens with zero attached hydrogens (tertiary/aromatic N) is 2. The number of carbonyl (C=O) groups is 5. The van der Waals surface area contributed by atoms with E-state index in [1.807, 2.05) is 0 Å². The molecule has 4 amide bonds. The number of guanidine groups is 2. The van der Waals surface area contributed by atoms with E-state index in [0.717, 1.165) is 6.42 Å². The maximum atomic E-state index is 13.2. The Labute approximate surface area is 226 Å². The molecule has 220 valence electrons. The van der Waals surface area contributed by atoms with Crippen molar-refractivity contribution in [3.05, 3.63) is 0 Å².